The molecule has 14 heavy (non-hydrogen) atoms. The fraction of sp³-hybridized carbons (Fsp3) is 0.889. The number of amides is 1. The predicted octanol–water partition coefficient (Wildman–Crippen LogP) is -0.280. The molecule has 0 aromatic heterocycles. The second-order valence-corrected chi connectivity index (χ2v) is 2.93. The van der Waals surface area contributed by atoms with Gasteiger partial charge >= 0.3 is 0 Å². The van der Waals surface area contributed by atoms with Gasteiger partial charge in [0, 0.05) is 27.3 Å². The number of ether oxygens (including phenoxy) is 2. The number of nitrogens with one attached hydrogen (secondary N) is 2. The molecule has 0 aromatic carbocycles. The van der Waals surface area contributed by atoms with Crippen LogP contribution in [-0.2, 0) is 14.3 Å². The lowest BCUT2D eigenvalue weighted by Crippen LogP contribution is -2.45. The molecule has 5 heteroatoms. The molecule has 0 aliphatic heterocycles. The molecule has 0 fully saturated rings. The van der Waals surface area contributed by atoms with Crippen molar-refractivity contribution in [3.63, 3.8) is 0 Å². The number of hydrogen-bond acceptors (Lipinski definition) is 4. The Kier molecular flexibility index (Phi) is 7.37. The minimum Gasteiger partial charge on any atom is -0.355 e. The number of rotatable bonds is 7. The normalized spacial score (nSPS) is 12.9. The van der Waals surface area contributed by atoms with Crippen molar-refractivity contribution in [3.8, 4) is 0 Å². The number of likely N-dealkylation sites (N-methyl/N-ethyl adjacent to an activating group) is 1. The molecule has 0 aliphatic carbocycles. The van der Waals surface area contributed by atoms with Crippen molar-refractivity contribution in [2.24, 2.45) is 0 Å². The third-order valence-corrected chi connectivity index (χ3v) is 1.86. The van der Waals surface area contributed by atoms with Gasteiger partial charge in [-0.15, -0.1) is 0 Å². The summed E-state index contributed by atoms with van der Waals surface area (Å²) >= 11 is 0. The second-order valence-electron chi connectivity index (χ2n) is 2.93. The highest BCUT2D eigenvalue weighted by Crippen LogP contribution is 1.89. The minimum atomic E-state index is -0.313. The summed E-state index contributed by atoms with van der Waals surface area (Å²) in [6.45, 7) is 4.82. The molecule has 0 saturated heterocycles. The highest BCUT2D eigenvalue weighted by molar-refractivity contribution is 5.81. The maximum atomic E-state index is 11.3. The number of methoxy groups -OCH3 is 2. The summed E-state index contributed by atoms with van der Waals surface area (Å²) in [7, 11) is 3.12. The fourth-order valence-corrected chi connectivity index (χ4v) is 0.956. The third-order valence-electron chi connectivity index (χ3n) is 1.86. The van der Waals surface area contributed by atoms with Crippen LogP contribution in [0.3, 0.4) is 0 Å². The van der Waals surface area contributed by atoms with Crippen molar-refractivity contribution in [2.75, 3.05) is 27.3 Å². The van der Waals surface area contributed by atoms with Gasteiger partial charge in [-0.2, -0.15) is 0 Å². The van der Waals surface area contributed by atoms with Crippen molar-refractivity contribution in [2.45, 2.75) is 26.2 Å². The van der Waals surface area contributed by atoms with E-state index in [1.807, 2.05) is 6.92 Å². The first-order chi connectivity index (χ1) is 6.65. The Bertz CT molecular complexity index is 160. The van der Waals surface area contributed by atoms with E-state index in [9.17, 15) is 4.79 Å². The summed E-state index contributed by atoms with van der Waals surface area (Å²) < 4.78 is 9.95. The highest BCUT2D eigenvalue weighted by Gasteiger charge is 2.13. The Morgan fingerprint density at radius 3 is 2.36 bits per heavy atom. The van der Waals surface area contributed by atoms with Gasteiger partial charge in [0.05, 0.1) is 6.04 Å². The van der Waals surface area contributed by atoms with E-state index in [0.29, 0.717) is 13.1 Å². The third kappa shape index (κ3) is 5.16. The van der Waals surface area contributed by atoms with E-state index >= 15 is 0 Å². The monoisotopic (exact) mass is 204 g/mol. The molecule has 0 radical (unpaired) electrons. The molecule has 0 rings (SSSR count). The van der Waals surface area contributed by atoms with Crippen LogP contribution in [0.25, 0.3) is 0 Å². The molecule has 0 heterocycles. The summed E-state index contributed by atoms with van der Waals surface area (Å²) in [5.74, 6) is -0.0153. The molecule has 1 amide bonds. The van der Waals surface area contributed by atoms with Crippen LogP contribution in [0.1, 0.15) is 13.8 Å². The van der Waals surface area contributed by atoms with Crippen LogP contribution in [0.2, 0.25) is 0 Å². The minimum absolute atomic E-state index is 0.0153. The Morgan fingerprint density at radius 1 is 1.36 bits per heavy atom. The number of hydrogen-bond donors (Lipinski definition) is 2. The van der Waals surface area contributed by atoms with E-state index in [2.05, 4.69) is 10.6 Å². The van der Waals surface area contributed by atoms with Crippen molar-refractivity contribution >= 4 is 5.91 Å². The lowest BCUT2D eigenvalue weighted by molar-refractivity contribution is -0.124. The topological polar surface area (TPSA) is 59.6 Å². The Balaban J connectivity index is 3.71. The Morgan fingerprint density at radius 2 is 1.93 bits per heavy atom. The van der Waals surface area contributed by atoms with Crippen LogP contribution in [0.5, 0.6) is 0 Å². The number of carbonyl (C=O) groups excluding carboxylic acids is 1. The standard InChI is InChI=1S/C9H20N2O3/c1-5-10-9(12)7(2)11-6-8(13-3)14-4/h7-8,11H,5-6H2,1-4H3,(H,10,12). The van der Waals surface area contributed by atoms with E-state index in [1.54, 1.807) is 21.1 Å². The molecule has 2 N–H and O–H groups in total. The summed E-state index contributed by atoms with van der Waals surface area (Å²) in [5.41, 5.74) is 0. The van der Waals surface area contributed by atoms with Crippen molar-refractivity contribution < 1.29 is 14.3 Å². The predicted molar refractivity (Wildman–Crippen MR) is 54.0 cm³/mol. The van der Waals surface area contributed by atoms with Crippen LogP contribution in [0.4, 0.5) is 0 Å². The molecule has 0 aromatic rings. The van der Waals surface area contributed by atoms with E-state index in [4.69, 9.17) is 9.47 Å². The van der Waals surface area contributed by atoms with Gasteiger partial charge in [0.1, 0.15) is 0 Å². The zero-order chi connectivity index (χ0) is 11.0. The zero-order valence-corrected chi connectivity index (χ0v) is 9.29. The average molecular weight is 204 g/mol. The van der Waals surface area contributed by atoms with Gasteiger partial charge in [0.2, 0.25) is 5.91 Å². The fourth-order valence-electron chi connectivity index (χ4n) is 0.956. The summed E-state index contributed by atoms with van der Waals surface area (Å²) in [6, 6.07) is -0.234. The maximum absolute atomic E-state index is 11.3. The smallest absolute Gasteiger partial charge is 0.236 e. The molecule has 0 bridgehead atoms. The molecule has 1 unspecified atom stereocenters. The van der Waals surface area contributed by atoms with E-state index in [1.165, 1.54) is 0 Å². The van der Waals surface area contributed by atoms with Gasteiger partial charge in [-0.3, -0.25) is 4.79 Å². The van der Waals surface area contributed by atoms with Crippen molar-refractivity contribution in [1.82, 2.24) is 10.6 Å². The van der Waals surface area contributed by atoms with Gasteiger partial charge in [-0.05, 0) is 13.8 Å². The van der Waals surface area contributed by atoms with Crippen LogP contribution in [-0.4, -0.2) is 45.5 Å². The summed E-state index contributed by atoms with van der Waals surface area (Å²) in [6.07, 6.45) is -0.313. The Labute approximate surface area is 85.1 Å². The quantitative estimate of drug-likeness (QED) is 0.560. The molecule has 0 spiro atoms. The van der Waals surface area contributed by atoms with Gasteiger partial charge in [0.25, 0.3) is 0 Å². The van der Waals surface area contributed by atoms with Gasteiger partial charge in [-0.25, -0.2) is 0 Å². The molecule has 0 saturated carbocycles. The first kappa shape index (κ1) is 13.4. The summed E-state index contributed by atoms with van der Waals surface area (Å²) in [5, 5.41) is 5.73. The second kappa shape index (κ2) is 7.73. The van der Waals surface area contributed by atoms with E-state index in [0.717, 1.165) is 0 Å². The first-order valence-corrected chi connectivity index (χ1v) is 4.72. The molecule has 5 nitrogen and oxygen atoms in total. The van der Waals surface area contributed by atoms with Crippen LogP contribution >= 0.6 is 0 Å². The lowest BCUT2D eigenvalue weighted by atomic mass is 10.3. The number of carbonyl (C=O) groups is 1. The van der Waals surface area contributed by atoms with Gasteiger partial charge < -0.3 is 20.1 Å². The molecular weight excluding hydrogens is 184 g/mol. The first-order valence-electron chi connectivity index (χ1n) is 4.72. The molecular formula is C9H20N2O3. The zero-order valence-electron chi connectivity index (χ0n) is 9.29. The van der Waals surface area contributed by atoms with Crippen LogP contribution in [0, 0.1) is 0 Å². The Hall–Kier alpha value is -0.650. The highest BCUT2D eigenvalue weighted by atomic mass is 16.7. The summed E-state index contributed by atoms with van der Waals surface area (Å²) in [4.78, 5) is 11.3. The van der Waals surface area contributed by atoms with Crippen molar-refractivity contribution in [3.05, 3.63) is 0 Å². The van der Waals surface area contributed by atoms with Crippen molar-refractivity contribution in [1.29, 1.82) is 0 Å². The SMILES string of the molecule is CCNC(=O)C(C)NCC(OC)OC. The van der Waals surface area contributed by atoms with Crippen LogP contribution in [0.15, 0.2) is 0 Å². The maximum Gasteiger partial charge on any atom is 0.236 e. The average Bonchev–Trinajstić information content (AvgIpc) is 2.19. The largest absolute Gasteiger partial charge is 0.355 e. The molecule has 1 atom stereocenters. The molecule has 84 valence electrons. The van der Waals surface area contributed by atoms with E-state index in [-0.39, 0.29) is 18.2 Å². The van der Waals surface area contributed by atoms with Gasteiger partial charge in [-0.1, -0.05) is 0 Å². The lowest BCUT2D eigenvalue weighted by Gasteiger charge is -2.17. The van der Waals surface area contributed by atoms with E-state index < -0.39 is 0 Å². The molecule has 0 aliphatic rings. The van der Waals surface area contributed by atoms with Gasteiger partial charge in [0.15, 0.2) is 6.29 Å². The van der Waals surface area contributed by atoms with Crippen LogP contribution < -0.4 is 10.6 Å².